The molecule has 1 aliphatic rings. The third-order valence-corrected chi connectivity index (χ3v) is 5.66. The van der Waals surface area contributed by atoms with E-state index in [0.717, 1.165) is 24.5 Å². The molecule has 132 valence electrons. The van der Waals surface area contributed by atoms with Gasteiger partial charge in [0.05, 0.1) is 11.0 Å². The molecule has 0 radical (unpaired) electrons. The van der Waals surface area contributed by atoms with Crippen LogP contribution >= 0.6 is 0 Å². The first-order valence-electron chi connectivity index (χ1n) is 7.95. The lowest BCUT2D eigenvalue weighted by Crippen LogP contribution is -2.10. The van der Waals surface area contributed by atoms with E-state index in [-0.39, 0.29) is 16.3 Å². The molecule has 0 amide bonds. The Kier molecular flexibility index (Phi) is 4.63. The number of nitrogens with zero attached hydrogens (tertiary/aromatic N) is 1. The second kappa shape index (κ2) is 6.72. The molecule has 0 heterocycles. The summed E-state index contributed by atoms with van der Waals surface area (Å²) < 4.78 is 29.8. The van der Waals surface area contributed by atoms with E-state index in [2.05, 4.69) is 0 Å². The Bertz CT molecular complexity index is 888. The van der Waals surface area contributed by atoms with E-state index < -0.39 is 20.7 Å². The Morgan fingerprint density at radius 2 is 1.72 bits per heavy atom. The Morgan fingerprint density at radius 1 is 1.08 bits per heavy atom. The van der Waals surface area contributed by atoms with E-state index in [1.54, 1.807) is 12.1 Å². The minimum Gasteiger partial charge on any atom is -0.393 e. The van der Waals surface area contributed by atoms with Crippen molar-refractivity contribution in [3.05, 3.63) is 58.1 Å². The number of hydrogen-bond donors (Lipinski definition) is 1. The fourth-order valence-electron chi connectivity index (χ4n) is 3.07. The van der Waals surface area contributed by atoms with Crippen molar-refractivity contribution in [1.82, 2.24) is 0 Å². The highest BCUT2D eigenvalue weighted by Crippen LogP contribution is 2.34. The molecule has 1 fully saturated rings. The van der Waals surface area contributed by atoms with Crippen molar-refractivity contribution >= 4 is 21.5 Å². The Labute approximate surface area is 145 Å². The molecule has 0 aliphatic heterocycles. The summed E-state index contributed by atoms with van der Waals surface area (Å²) in [6.07, 6.45) is 4.64. The van der Waals surface area contributed by atoms with Crippen LogP contribution in [0.5, 0.6) is 5.75 Å². The maximum atomic E-state index is 12.4. The highest BCUT2D eigenvalue weighted by atomic mass is 32.2. The molecule has 8 heteroatoms. The van der Waals surface area contributed by atoms with Crippen molar-refractivity contribution in [2.45, 2.75) is 36.5 Å². The molecule has 0 bridgehead atoms. The molecular weight excluding hydrogens is 344 g/mol. The lowest BCUT2D eigenvalue weighted by Gasteiger charge is -2.11. The Balaban J connectivity index is 1.82. The van der Waals surface area contributed by atoms with Gasteiger partial charge in [-0.1, -0.05) is 25.0 Å². The van der Waals surface area contributed by atoms with Crippen LogP contribution in [-0.2, 0) is 10.1 Å². The average molecular weight is 362 g/mol. The zero-order valence-corrected chi connectivity index (χ0v) is 14.2. The number of rotatable bonds is 5. The first-order chi connectivity index (χ1) is 11.9. The fraction of sp³-hybridized carbons (Fsp3) is 0.294. The summed E-state index contributed by atoms with van der Waals surface area (Å²) in [5.74, 6) is 0.332. The van der Waals surface area contributed by atoms with Gasteiger partial charge in [-0.15, -0.1) is 0 Å². The quantitative estimate of drug-likeness (QED) is 0.376. The number of nitro benzene ring substituents is 1. The molecule has 1 aliphatic carbocycles. The van der Waals surface area contributed by atoms with Gasteiger partial charge in [-0.2, -0.15) is 8.42 Å². The standard InChI is InChI=1S/C17H18N2O5S/c18-16-10-7-14(11-17(16)19(20)21)24-25(22,23)15-8-5-13(6-9-15)12-3-1-2-4-12/h5-12H,1-4,18H2. The zero-order chi connectivity index (χ0) is 18.0. The van der Waals surface area contributed by atoms with Crippen molar-refractivity contribution in [1.29, 1.82) is 0 Å². The molecule has 0 spiro atoms. The minimum atomic E-state index is -4.07. The van der Waals surface area contributed by atoms with Crippen LogP contribution in [0.25, 0.3) is 0 Å². The molecule has 25 heavy (non-hydrogen) atoms. The number of hydrogen-bond acceptors (Lipinski definition) is 6. The smallest absolute Gasteiger partial charge is 0.339 e. The van der Waals surface area contributed by atoms with Crippen LogP contribution in [-0.4, -0.2) is 13.3 Å². The van der Waals surface area contributed by atoms with Gasteiger partial charge in [0.2, 0.25) is 0 Å². The molecule has 0 aromatic heterocycles. The van der Waals surface area contributed by atoms with Gasteiger partial charge in [0.25, 0.3) is 5.69 Å². The maximum Gasteiger partial charge on any atom is 0.339 e. The van der Waals surface area contributed by atoms with Crippen molar-refractivity contribution in [2.75, 3.05) is 5.73 Å². The first-order valence-corrected chi connectivity index (χ1v) is 9.36. The molecule has 7 nitrogen and oxygen atoms in total. The number of benzene rings is 2. The predicted molar refractivity (Wildman–Crippen MR) is 93.0 cm³/mol. The molecule has 0 saturated heterocycles. The first kappa shape index (κ1) is 17.2. The van der Waals surface area contributed by atoms with Crippen molar-refractivity contribution < 1.29 is 17.5 Å². The summed E-state index contributed by atoms with van der Waals surface area (Å²) in [7, 11) is -4.07. The van der Waals surface area contributed by atoms with E-state index in [1.165, 1.54) is 37.1 Å². The maximum absolute atomic E-state index is 12.4. The van der Waals surface area contributed by atoms with Gasteiger partial charge in [0.15, 0.2) is 0 Å². The number of nitrogens with two attached hydrogens (primary N) is 1. The summed E-state index contributed by atoms with van der Waals surface area (Å²) in [5, 5.41) is 10.9. The highest BCUT2D eigenvalue weighted by Gasteiger charge is 2.21. The fourth-order valence-corrected chi connectivity index (χ4v) is 4.00. The van der Waals surface area contributed by atoms with Crippen LogP contribution < -0.4 is 9.92 Å². The second-order valence-electron chi connectivity index (χ2n) is 6.07. The van der Waals surface area contributed by atoms with Gasteiger partial charge < -0.3 is 9.92 Å². The van der Waals surface area contributed by atoms with Crippen molar-refractivity contribution in [3.8, 4) is 5.75 Å². The van der Waals surface area contributed by atoms with E-state index >= 15 is 0 Å². The number of nitrogen functional groups attached to an aromatic ring is 1. The normalized spacial score (nSPS) is 15.2. The average Bonchev–Trinajstić information content (AvgIpc) is 3.11. The molecule has 3 rings (SSSR count). The van der Waals surface area contributed by atoms with Gasteiger partial charge in [-0.05, 0) is 48.6 Å². The van der Waals surface area contributed by atoms with Crippen molar-refractivity contribution in [3.63, 3.8) is 0 Å². The van der Waals surface area contributed by atoms with E-state index in [9.17, 15) is 18.5 Å². The lowest BCUT2D eigenvalue weighted by molar-refractivity contribution is -0.383. The second-order valence-corrected chi connectivity index (χ2v) is 7.61. The van der Waals surface area contributed by atoms with Crippen LogP contribution in [0.3, 0.4) is 0 Å². The molecule has 2 N–H and O–H groups in total. The summed E-state index contributed by atoms with van der Waals surface area (Å²) in [6.45, 7) is 0. The highest BCUT2D eigenvalue weighted by molar-refractivity contribution is 7.87. The molecule has 1 saturated carbocycles. The van der Waals surface area contributed by atoms with Gasteiger partial charge >= 0.3 is 10.1 Å². The number of nitro groups is 1. The van der Waals surface area contributed by atoms with Crippen LogP contribution in [0.15, 0.2) is 47.4 Å². The summed E-state index contributed by atoms with van der Waals surface area (Å²) >= 11 is 0. The van der Waals surface area contributed by atoms with E-state index in [1.807, 2.05) is 0 Å². The third-order valence-electron chi connectivity index (χ3n) is 4.40. The van der Waals surface area contributed by atoms with Gasteiger partial charge in [0.1, 0.15) is 16.3 Å². The minimum absolute atomic E-state index is 0.00808. The predicted octanol–water partition coefficient (Wildman–Crippen LogP) is 3.60. The Hall–Kier alpha value is -2.61. The summed E-state index contributed by atoms with van der Waals surface area (Å²) in [4.78, 5) is 10.2. The molecule has 0 atom stereocenters. The topological polar surface area (TPSA) is 113 Å². The molecule has 0 unspecified atom stereocenters. The number of anilines is 1. The van der Waals surface area contributed by atoms with Crippen LogP contribution in [0.4, 0.5) is 11.4 Å². The van der Waals surface area contributed by atoms with E-state index in [0.29, 0.717) is 5.92 Å². The van der Waals surface area contributed by atoms with Gasteiger partial charge in [-0.3, -0.25) is 10.1 Å². The van der Waals surface area contributed by atoms with Crippen LogP contribution in [0, 0.1) is 10.1 Å². The SMILES string of the molecule is Nc1ccc(OS(=O)(=O)c2ccc(C3CCCC3)cc2)cc1[N+](=O)[O-]. The Morgan fingerprint density at radius 3 is 2.32 bits per heavy atom. The molecule has 2 aromatic carbocycles. The monoisotopic (exact) mass is 362 g/mol. The summed E-state index contributed by atoms with van der Waals surface area (Å²) in [6, 6.07) is 10.2. The largest absolute Gasteiger partial charge is 0.393 e. The zero-order valence-electron chi connectivity index (χ0n) is 13.4. The van der Waals surface area contributed by atoms with Gasteiger partial charge in [0, 0.05) is 0 Å². The molecular formula is C17H18N2O5S. The lowest BCUT2D eigenvalue weighted by atomic mass is 9.98. The van der Waals surface area contributed by atoms with Crippen LogP contribution in [0.2, 0.25) is 0 Å². The molecule has 2 aromatic rings. The third kappa shape index (κ3) is 3.74. The van der Waals surface area contributed by atoms with Crippen molar-refractivity contribution in [2.24, 2.45) is 0 Å². The van der Waals surface area contributed by atoms with E-state index in [4.69, 9.17) is 9.92 Å². The summed E-state index contributed by atoms with van der Waals surface area (Å²) in [5.41, 5.74) is 6.16. The van der Waals surface area contributed by atoms with Crippen LogP contribution in [0.1, 0.15) is 37.2 Å². The van der Waals surface area contributed by atoms with Gasteiger partial charge in [-0.25, -0.2) is 0 Å².